The van der Waals surface area contributed by atoms with Crippen molar-refractivity contribution in [1.82, 2.24) is 8.87 Å². The van der Waals surface area contributed by atoms with Crippen LogP contribution in [0.25, 0.3) is 10.2 Å². The number of piperidine rings is 1. The first-order valence-electron chi connectivity index (χ1n) is 11.0. The molecule has 1 amide bonds. The minimum Gasteiger partial charge on any atom is -0.380 e. The summed E-state index contributed by atoms with van der Waals surface area (Å²) < 4.78 is 35.7. The molecule has 0 spiro atoms. The van der Waals surface area contributed by atoms with Gasteiger partial charge >= 0.3 is 0 Å². The number of thiazole rings is 1. The zero-order valence-corrected chi connectivity index (χ0v) is 21.8. The van der Waals surface area contributed by atoms with E-state index in [4.69, 9.17) is 27.9 Å². The van der Waals surface area contributed by atoms with Crippen LogP contribution < -0.4 is 4.80 Å². The molecule has 2 heterocycles. The van der Waals surface area contributed by atoms with Gasteiger partial charge in [0.2, 0.25) is 10.0 Å². The van der Waals surface area contributed by atoms with Gasteiger partial charge < -0.3 is 9.30 Å². The Labute approximate surface area is 212 Å². The zero-order valence-electron chi connectivity index (χ0n) is 18.6. The molecule has 0 unspecified atom stereocenters. The molecule has 0 saturated carbocycles. The highest BCUT2D eigenvalue weighted by Crippen LogP contribution is 2.26. The van der Waals surface area contributed by atoms with Crippen molar-refractivity contribution in [3.63, 3.8) is 0 Å². The lowest BCUT2D eigenvalue weighted by Gasteiger charge is -2.29. The Balaban J connectivity index is 1.51. The van der Waals surface area contributed by atoms with Gasteiger partial charge in [-0.15, -0.1) is 0 Å². The Morgan fingerprint density at radius 2 is 1.79 bits per heavy atom. The summed E-state index contributed by atoms with van der Waals surface area (Å²) in [5.74, 6) is -0.558. The number of carbonyl (C=O) groups excluding carboxylic acids is 1. The van der Waals surface area contributed by atoms with Crippen LogP contribution in [0.15, 0.2) is 52.4 Å². The maximum Gasteiger partial charge on any atom is 0.251 e. The Bertz CT molecular complexity index is 1340. The number of sulfonamides is 1. The van der Waals surface area contributed by atoms with E-state index in [-0.39, 0.29) is 29.8 Å². The molecule has 0 radical (unpaired) electrons. The summed E-state index contributed by atoms with van der Waals surface area (Å²) in [6.07, 6.45) is 0.843. The van der Waals surface area contributed by atoms with Crippen molar-refractivity contribution in [3.8, 4) is 0 Å². The van der Waals surface area contributed by atoms with Gasteiger partial charge in [-0.25, -0.2) is 8.42 Å². The van der Waals surface area contributed by atoms with Gasteiger partial charge in [-0.3, -0.25) is 4.79 Å². The van der Waals surface area contributed by atoms with Crippen LogP contribution in [-0.4, -0.2) is 49.5 Å². The highest BCUT2D eigenvalue weighted by atomic mass is 35.5. The van der Waals surface area contributed by atoms with Crippen molar-refractivity contribution in [2.75, 3.05) is 26.3 Å². The number of fused-ring (bicyclic) bond motifs is 1. The minimum atomic E-state index is -3.62. The second kappa shape index (κ2) is 10.9. The lowest BCUT2D eigenvalue weighted by atomic mass is 9.98. The Hall–Kier alpha value is -1.75. The van der Waals surface area contributed by atoms with Gasteiger partial charge in [-0.1, -0.05) is 34.5 Å². The van der Waals surface area contributed by atoms with Gasteiger partial charge in [0.1, 0.15) is 0 Å². The molecule has 1 aliphatic rings. The van der Waals surface area contributed by atoms with Crippen LogP contribution in [0.4, 0.5) is 0 Å². The highest BCUT2D eigenvalue weighted by molar-refractivity contribution is 7.89. The number of amides is 1. The first-order valence-corrected chi connectivity index (χ1v) is 14.0. The van der Waals surface area contributed by atoms with Crippen LogP contribution in [-0.2, 0) is 26.1 Å². The predicted molar refractivity (Wildman–Crippen MR) is 135 cm³/mol. The SMILES string of the molecule is CCOCCn1c(=NC(=O)C2CCN(S(=O)(=O)c3ccc(Cl)cc3)CC2)sc2cc(Cl)ccc21. The van der Waals surface area contributed by atoms with Crippen LogP contribution in [0.1, 0.15) is 19.8 Å². The third kappa shape index (κ3) is 5.56. The van der Waals surface area contributed by atoms with Crippen LogP contribution in [0.2, 0.25) is 10.0 Å². The summed E-state index contributed by atoms with van der Waals surface area (Å²) in [6.45, 7) is 4.15. The van der Waals surface area contributed by atoms with E-state index < -0.39 is 10.0 Å². The molecule has 0 aliphatic carbocycles. The number of aromatic nitrogens is 1. The quantitative estimate of drug-likeness (QED) is 0.410. The van der Waals surface area contributed by atoms with E-state index in [0.29, 0.717) is 47.4 Å². The second-order valence-electron chi connectivity index (χ2n) is 7.93. The van der Waals surface area contributed by atoms with E-state index in [1.807, 2.05) is 29.7 Å². The normalized spacial score (nSPS) is 16.4. The highest BCUT2D eigenvalue weighted by Gasteiger charge is 2.32. The van der Waals surface area contributed by atoms with Gasteiger partial charge in [0.25, 0.3) is 5.91 Å². The molecule has 34 heavy (non-hydrogen) atoms. The van der Waals surface area contributed by atoms with Gasteiger partial charge in [0.15, 0.2) is 4.80 Å². The molecule has 0 N–H and O–H groups in total. The third-order valence-electron chi connectivity index (χ3n) is 5.77. The van der Waals surface area contributed by atoms with Gasteiger partial charge in [-0.05, 0) is 62.2 Å². The van der Waals surface area contributed by atoms with Crippen molar-refractivity contribution in [3.05, 3.63) is 57.3 Å². The number of hydrogen-bond donors (Lipinski definition) is 0. The van der Waals surface area contributed by atoms with Crippen LogP contribution in [0.5, 0.6) is 0 Å². The summed E-state index contributed by atoms with van der Waals surface area (Å²) in [4.78, 5) is 18.3. The molecule has 4 rings (SSSR count). The first-order chi connectivity index (χ1) is 16.3. The number of nitrogens with zero attached hydrogens (tertiary/aromatic N) is 3. The Morgan fingerprint density at radius 1 is 1.12 bits per heavy atom. The maximum atomic E-state index is 13.0. The molecule has 2 aromatic carbocycles. The molecule has 182 valence electrons. The van der Waals surface area contributed by atoms with Crippen molar-refractivity contribution in [2.45, 2.75) is 31.2 Å². The Morgan fingerprint density at radius 3 is 2.47 bits per heavy atom. The molecule has 7 nitrogen and oxygen atoms in total. The number of ether oxygens (including phenoxy) is 1. The van der Waals surface area contributed by atoms with E-state index in [9.17, 15) is 13.2 Å². The average molecular weight is 543 g/mol. The molecule has 3 aromatic rings. The molecule has 0 atom stereocenters. The fraction of sp³-hybridized carbons (Fsp3) is 0.391. The predicted octanol–water partition coefficient (Wildman–Crippen LogP) is 4.57. The Kier molecular flexibility index (Phi) is 8.12. The number of hydrogen-bond acceptors (Lipinski definition) is 5. The zero-order chi connectivity index (χ0) is 24.3. The van der Waals surface area contributed by atoms with E-state index in [2.05, 4.69) is 4.99 Å². The lowest BCUT2D eigenvalue weighted by Crippen LogP contribution is -2.40. The molecule has 1 saturated heterocycles. The van der Waals surface area contributed by atoms with Crippen molar-refractivity contribution in [2.24, 2.45) is 10.9 Å². The number of halogens is 2. The van der Waals surface area contributed by atoms with Crippen molar-refractivity contribution in [1.29, 1.82) is 0 Å². The van der Waals surface area contributed by atoms with Crippen LogP contribution in [0, 0.1) is 5.92 Å². The van der Waals surface area contributed by atoms with Crippen molar-refractivity contribution >= 4 is 60.7 Å². The number of carbonyl (C=O) groups is 1. The third-order valence-corrected chi connectivity index (χ3v) is 9.21. The monoisotopic (exact) mass is 541 g/mol. The minimum absolute atomic E-state index is 0.200. The second-order valence-corrected chi connectivity index (χ2v) is 11.7. The summed E-state index contributed by atoms with van der Waals surface area (Å²) in [5, 5.41) is 1.10. The molecule has 1 aliphatic heterocycles. The standard InChI is InChI=1S/C23H25Cl2N3O4S2/c1-2-32-14-13-28-20-8-5-18(25)15-21(20)33-23(28)26-22(29)16-9-11-27(12-10-16)34(30,31)19-6-3-17(24)4-7-19/h3-8,15-16H,2,9-14H2,1H3. The van der Waals surface area contributed by atoms with Gasteiger partial charge in [0, 0.05) is 42.2 Å². The first kappa shape index (κ1) is 25.3. The summed E-state index contributed by atoms with van der Waals surface area (Å²) in [7, 11) is -3.62. The van der Waals surface area contributed by atoms with Crippen LogP contribution in [0.3, 0.4) is 0 Å². The molecular formula is C23H25Cl2N3O4S2. The number of rotatable bonds is 7. The smallest absolute Gasteiger partial charge is 0.251 e. The molecule has 1 aromatic heterocycles. The van der Waals surface area contributed by atoms with Crippen LogP contribution >= 0.6 is 34.5 Å². The lowest BCUT2D eigenvalue weighted by molar-refractivity contribution is -0.122. The average Bonchev–Trinajstić information content (AvgIpc) is 3.15. The molecule has 11 heteroatoms. The molecular weight excluding hydrogens is 517 g/mol. The molecule has 1 fully saturated rings. The van der Waals surface area contributed by atoms with Gasteiger partial charge in [-0.2, -0.15) is 9.30 Å². The largest absolute Gasteiger partial charge is 0.380 e. The summed E-state index contributed by atoms with van der Waals surface area (Å²) in [5.41, 5.74) is 0.949. The summed E-state index contributed by atoms with van der Waals surface area (Å²) >= 11 is 13.4. The fourth-order valence-electron chi connectivity index (χ4n) is 3.93. The van der Waals surface area contributed by atoms with E-state index in [1.54, 1.807) is 12.1 Å². The van der Waals surface area contributed by atoms with E-state index >= 15 is 0 Å². The maximum absolute atomic E-state index is 13.0. The van der Waals surface area contributed by atoms with E-state index in [0.717, 1.165) is 10.2 Å². The topological polar surface area (TPSA) is 81.0 Å². The van der Waals surface area contributed by atoms with Crippen molar-refractivity contribution < 1.29 is 17.9 Å². The fourth-order valence-corrected chi connectivity index (χ4v) is 6.87. The number of benzene rings is 2. The summed E-state index contributed by atoms with van der Waals surface area (Å²) in [6, 6.07) is 11.7. The van der Waals surface area contributed by atoms with Gasteiger partial charge in [0.05, 0.1) is 21.7 Å². The van der Waals surface area contributed by atoms with E-state index in [1.165, 1.54) is 27.8 Å². The molecule has 0 bridgehead atoms.